The van der Waals surface area contributed by atoms with Crippen molar-refractivity contribution in [2.24, 2.45) is 0 Å². The first-order valence-electron chi connectivity index (χ1n) is 8.58. The number of nitrogens with one attached hydrogen (secondary N) is 2. The van der Waals surface area contributed by atoms with Gasteiger partial charge in [-0.05, 0) is 42.8 Å². The van der Waals surface area contributed by atoms with Gasteiger partial charge in [-0.3, -0.25) is 9.59 Å². The molecule has 4 N–H and O–H groups in total. The van der Waals surface area contributed by atoms with E-state index in [1.807, 2.05) is 31.2 Å². The van der Waals surface area contributed by atoms with Crippen LogP contribution < -0.4 is 16.4 Å². The molecular weight excluding hydrogens is 376 g/mol. The summed E-state index contributed by atoms with van der Waals surface area (Å²) in [6.07, 6.45) is 1.37. The molecule has 0 aliphatic carbocycles. The second kappa shape index (κ2) is 8.54. The highest BCUT2D eigenvalue weighted by Gasteiger charge is 2.09. The largest absolute Gasteiger partial charge is 0.382 e. The van der Waals surface area contributed by atoms with Gasteiger partial charge in [0.1, 0.15) is 5.82 Å². The molecule has 0 spiro atoms. The molecule has 0 fully saturated rings. The maximum atomic E-state index is 12.3. The van der Waals surface area contributed by atoms with Crippen LogP contribution in [0.3, 0.4) is 0 Å². The molecule has 0 aliphatic heterocycles. The molecule has 7 heteroatoms. The third-order valence-corrected chi connectivity index (χ3v) is 4.39. The second-order valence-corrected chi connectivity index (χ2v) is 6.70. The van der Waals surface area contributed by atoms with Crippen LogP contribution in [-0.2, 0) is 6.54 Å². The molecule has 0 unspecified atom stereocenters. The molecule has 142 valence electrons. The zero-order valence-electron chi connectivity index (χ0n) is 15.2. The number of benzene rings is 2. The molecule has 3 aromatic rings. The van der Waals surface area contributed by atoms with Gasteiger partial charge in [0.05, 0.1) is 10.6 Å². The van der Waals surface area contributed by atoms with E-state index in [0.29, 0.717) is 16.8 Å². The summed E-state index contributed by atoms with van der Waals surface area (Å²) >= 11 is 5.90. The number of anilines is 2. The summed E-state index contributed by atoms with van der Waals surface area (Å²) in [4.78, 5) is 28.4. The Bertz CT molecular complexity index is 1020. The zero-order chi connectivity index (χ0) is 20.1. The van der Waals surface area contributed by atoms with Gasteiger partial charge in [-0.25, -0.2) is 4.98 Å². The molecule has 1 heterocycles. The van der Waals surface area contributed by atoms with Crippen molar-refractivity contribution in [2.75, 3.05) is 11.1 Å². The molecule has 2 amide bonds. The Labute approximate surface area is 167 Å². The van der Waals surface area contributed by atoms with Gasteiger partial charge in [0.15, 0.2) is 0 Å². The average molecular weight is 395 g/mol. The summed E-state index contributed by atoms with van der Waals surface area (Å²) in [5, 5.41) is 5.88. The molecule has 28 heavy (non-hydrogen) atoms. The number of aromatic nitrogens is 1. The standard InChI is InChI=1S/C21H19ClN4O2/c1-13-5-7-15(8-6-13)21(28)26-17-4-2-3-14(9-17)11-25-20(27)16-10-18(22)19(23)24-12-16/h2-10,12H,11H2,1H3,(H2,23,24)(H,25,27)(H,26,28). The van der Waals surface area contributed by atoms with Crippen LogP contribution in [0.25, 0.3) is 0 Å². The lowest BCUT2D eigenvalue weighted by Gasteiger charge is -2.09. The Kier molecular flexibility index (Phi) is 5.91. The summed E-state index contributed by atoms with van der Waals surface area (Å²) in [6.45, 7) is 2.25. The van der Waals surface area contributed by atoms with E-state index in [2.05, 4.69) is 15.6 Å². The molecule has 0 saturated carbocycles. The van der Waals surface area contributed by atoms with Gasteiger partial charge in [-0.2, -0.15) is 0 Å². The number of pyridine rings is 1. The van der Waals surface area contributed by atoms with Gasteiger partial charge in [0, 0.05) is 24.0 Å². The summed E-state index contributed by atoms with van der Waals surface area (Å²) in [5.41, 5.74) is 9.03. The molecule has 2 aromatic carbocycles. The number of rotatable bonds is 5. The Hall–Kier alpha value is -3.38. The summed E-state index contributed by atoms with van der Waals surface area (Å²) in [7, 11) is 0. The highest BCUT2D eigenvalue weighted by molar-refractivity contribution is 6.33. The SMILES string of the molecule is Cc1ccc(C(=O)Nc2cccc(CNC(=O)c3cnc(N)c(Cl)c3)c2)cc1. The van der Waals surface area contributed by atoms with E-state index >= 15 is 0 Å². The smallest absolute Gasteiger partial charge is 0.255 e. The molecule has 0 bridgehead atoms. The van der Waals surface area contributed by atoms with Crippen LogP contribution in [0.5, 0.6) is 0 Å². The van der Waals surface area contributed by atoms with Gasteiger partial charge in [-0.15, -0.1) is 0 Å². The highest BCUT2D eigenvalue weighted by atomic mass is 35.5. The first-order chi connectivity index (χ1) is 13.4. The van der Waals surface area contributed by atoms with Crippen molar-refractivity contribution in [1.29, 1.82) is 0 Å². The monoisotopic (exact) mass is 394 g/mol. The summed E-state index contributed by atoms with van der Waals surface area (Å²) in [5.74, 6) is -0.331. The van der Waals surface area contributed by atoms with Crippen molar-refractivity contribution in [3.63, 3.8) is 0 Å². The van der Waals surface area contributed by atoms with Gasteiger partial charge in [0.2, 0.25) is 0 Å². The van der Waals surface area contributed by atoms with Crippen molar-refractivity contribution in [3.8, 4) is 0 Å². The molecule has 1 aromatic heterocycles. The van der Waals surface area contributed by atoms with Crippen LogP contribution in [-0.4, -0.2) is 16.8 Å². The number of amides is 2. The number of hydrogen-bond acceptors (Lipinski definition) is 4. The van der Waals surface area contributed by atoms with E-state index in [0.717, 1.165) is 11.1 Å². The molecule has 0 radical (unpaired) electrons. The summed E-state index contributed by atoms with van der Waals surface area (Å²) in [6, 6.07) is 16.1. The first kappa shape index (κ1) is 19.4. The quantitative estimate of drug-likeness (QED) is 0.613. The minimum absolute atomic E-state index is 0.176. The number of nitrogens with zero attached hydrogens (tertiary/aromatic N) is 1. The Balaban J connectivity index is 1.62. The predicted octanol–water partition coefficient (Wildman–Crippen LogP) is 3.81. The normalized spacial score (nSPS) is 10.4. The molecule has 0 aliphatic rings. The number of halogens is 1. The molecule has 0 saturated heterocycles. The summed E-state index contributed by atoms with van der Waals surface area (Å²) < 4.78 is 0. The first-order valence-corrected chi connectivity index (χ1v) is 8.96. The van der Waals surface area contributed by atoms with E-state index in [-0.39, 0.29) is 29.2 Å². The van der Waals surface area contributed by atoms with Crippen LogP contribution >= 0.6 is 11.6 Å². The van der Waals surface area contributed by atoms with E-state index in [9.17, 15) is 9.59 Å². The Morgan fingerprint density at radius 3 is 2.50 bits per heavy atom. The Morgan fingerprint density at radius 1 is 1.04 bits per heavy atom. The zero-order valence-corrected chi connectivity index (χ0v) is 16.0. The maximum absolute atomic E-state index is 12.3. The lowest BCUT2D eigenvalue weighted by molar-refractivity contribution is 0.0949. The minimum atomic E-state index is -0.316. The molecule has 3 rings (SSSR count). The van der Waals surface area contributed by atoms with Crippen molar-refractivity contribution in [3.05, 3.63) is 88.1 Å². The molecule has 0 atom stereocenters. The van der Waals surface area contributed by atoms with E-state index in [1.165, 1.54) is 12.3 Å². The van der Waals surface area contributed by atoms with Crippen LogP contribution in [0.2, 0.25) is 5.02 Å². The number of carbonyl (C=O) groups excluding carboxylic acids is 2. The van der Waals surface area contributed by atoms with Gasteiger partial charge in [-0.1, -0.05) is 41.4 Å². The van der Waals surface area contributed by atoms with Gasteiger partial charge < -0.3 is 16.4 Å². The fraction of sp³-hybridized carbons (Fsp3) is 0.0952. The van der Waals surface area contributed by atoms with Crippen LogP contribution in [0, 0.1) is 6.92 Å². The third kappa shape index (κ3) is 4.86. The molecular formula is C21H19ClN4O2. The number of nitrogens with two attached hydrogens (primary N) is 1. The van der Waals surface area contributed by atoms with E-state index in [1.54, 1.807) is 24.3 Å². The van der Waals surface area contributed by atoms with Crippen LogP contribution in [0.15, 0.2) is 60.8 Å². The number of hydrogen-bond donors (Lipinski definition) is 3. The fourth-order valence-electron chi connectivity index (χ4n) is 2.52. The number of nitrogen functional groups attached to an aromatic ring is 1. The minimum Gasteiger partial charge on any atom is -0.382 e. The van der Waals surface area contributed by atoms with Crippen LogP contribution in [0.4, 0.5) is 11.5 Å². The average Bonchev–Trinajstić information content (AvgIpc) is 2.69. The van der Waals surface area contributed by atoms with Crippen LogP contribution in [0.1, 0.15) is 31.8 Å². The number of aryl methyl sites for hydroxylation is 1. The predicted molar refractivity (Wildman–Crippen MR) is 110 cm³/mol. The second-order valence-electron chi connectivity index (χ2n) is 6.29. The molecule has 6 nitrogen and oxygen atoms in total. The van der Waals surface area contributed by atoms with Gasteiger partial charge in [0.25, 0.3) is 11.8 Å². The third-order valence-electron chi connectivity index (χ3n) is 4.08. The van der Waals surface area contributed by atoms with Crippen molar-refractivity contribution in [2.45, 2.75) is 13.5 Å². The lowest BCUT2D eigenvalue weighted by Crippen LogP contribution is -2.23. The topological polar surface area (TPSA) is 97.1 Å². The number of carbonyl (C=O) groups is 2. The van der Waals surface area contributed by atoms with E-state index < -0.39 is 0 Å². The van der Waals surface area contributed by atoms with E-state index in [4.69, 9.17) is 17.3 Å². The fourth-order valence-corrected chi connectivity index (χ4v) is 2.69. The Morgan fingerprint density at radius 2 is 1.79 bits per heavy atom. The lowest BCUT2D eigenvalue weighted by atomic mass is 10.1. The van der Waals surface area contributed by atoms with Crippen molar-refractivity contribution < 1.29 is 9.59 Å². The van der Waals surface area contributed by atoms with Gasteiger partial charge >= 0.3 is 0 Å². The van der Waals surface area contributed by atoms with Crippen molar-refractivity contribution >= 4 is 34.9 Å². The maximum Gasteiger partial charge on any atom is 0.255 e. The van der Waals surface area contributed by atoms with Crippen molar-refractivity contribution in [1.82, 2.24) is 10.3 Å². The highest BCUT2D eigenvalue weighted by Crippen LogP contribution is 2.17.